The third-order valence-electron chi connectivity index (χ3n) is 3.53. The Morgan fingerprint density at radius 3 is 2.78 bits per heavy atom. The molecule has 120 valence electrons. The Bertz CT molecular complexity index is 725. The second-order valence-electron chi connectivity index (χ2n) is 5.41. The molecule has 1 aromatic heterocycles. The molecule has 1 saturated carbocycles. The number of nitrogens with zero attached hydrogens (tertiary/aromatic N) is 1. The highest BCUT2D eigenvalue weighted by molar-refractivity contribution is 6.33. The van der Waals surface area contributed by atoms with Gasteiger partial charge in [0.05, 0.1) is 11.2 Å². The molecule has 1 fully saturated rings. The summed E-state index contributed by atoms with van der Waals surface area (Å²) >= 11 is 6.10. The molecule has 1 aromatic carbocycles. The van der Waals surface area contributed by atoms with Crippen molar-refractivity contribution in [2.75, 3.05) is 0 Å². The summed E-state index contributed by atoms with van der Waals surface area (Å²) in [7, 11) is 0. The number of carbonyl (C=O) groups excluding carboxylic acids is 2. The van der Waals surface area contributed by atoms with Crippen LogP contribution < -0.4 is 10.9 Å². The van der Waals surface area contributed by atoms with E-state index in [-0.39, 0.29) is 24.2 Å². The molecule has 6 nitrogen and oxygen atoms in total. The molecule has 2 amide bonds. The maximum absolute atomic E-state index is 11.7. The zero-order chi connectivity index (χ0) is 16.2. The van der Waals surface area contributed by atoms with Gasteiger partial charge < -0.3 is 4.42 Å². The lowest BCUT2D eigenvalue weighted by Crippen LogP contribution is -2.42. The van der Waals surface area contributed by atoms with E-state index in [0.717, 1.165) is 18.4 Å². The Balaban J connectivity index is 1.50. The molecule has 1 heterocycles. The van der Waals surface area contributed by atoms with E-state index in [4.69, 9.17) is 16.0 Å². The number of aromatic nitrogens is 1. The minimum atomic E-state index is -0.281. The van der Waals surface area contributed by atoms with Crippen molar-refractivity contribution in [1.29, 1.82) is 0 Å². The van der Waals surface area contributed by atoms with Gasteiger partial charge in [0.15, 0.2) is 11.7 Å². The minimum absolute atomic E-state index is 0.0558. The monoisotopic (exact) mass is 333 g/mol. The molecule has 0 spiro atoms. The van der Waals surface area contributed by atoms with Gasteiger partial charge in [0.2, 0.25) is 11.8 Å². The average Bonchev–Trinajstić information content (AvgIpc) is 3.30. The maximum Gasteiger partial charge on any atom is 0.241 e. The molecule has 0 radical (unpaired) electrons. The second-order valence-corrected chi connectivity index (χ2v) is 5.82. The number of halogens is 1. The van der Waals surface area contributed by atoms with Crippen LogP contribution in [0.5, 0.6) is 0 Å². The summed E-state index contributed by atoms with van der Waals surface area (Å²) in [4.78, 5) is 27.2. The average molecular weight is 334 g/mol. The number of nitrogens with one attached hydrogen (secondary N) is 2. The van der Waals surface area contributed by atoms with Gasteiger partial charge in [-0.05, 0) is 25.0 Å². The Hall–Kier alpha value is -2.34. The lowest BCUT2D eigenvalue weighted by Gasteiger charge is -2.05. The van der Waals surface area contributed by atoms with Gasteiger partial charge in [-0.1, -0.05) is 23.7 Å². The fourth-order valence-corrected chi connectivity index (χ4v) is 2.30. The molecule has 23 heavy (non-hydrogen) atoms. The zero-order valence-electron chi connectivity index (χ0n) is 12.3. The standard InChI is InChI=1S/C16H16ClN3O3/c17-12-4-2-1-3-11(12)13-9-18-15(23-13)8-7-14(21)19-20-16(22)10-5-6-10/h1-4,9-10H,5-8H2,(H,19,21)(H,20,22). The number of aryl methyl sites for hydroxylation is 1. The van der Waals surface area contributed by atoms with Crippen LogP contribution in [-0.4, -0.2) is 16.8 Å². The van der Waals surface area contributed by atoms with Gasteiger partial charge in [0, 0.05) is 24.3 Å². The lowest BCUT2D eigenvalue weighted by atomic mass is 10.2. The van der Waals surface area contributed by atoms with Crippen LogP contribution >= 0.6 is 11.6 Å². The van der Waals surface area contributed by atoms with Crippen LogP contribution in [0.2, 0.25) is 5.02 Å². The number of hydrazine groups is 1. The first-order chi connectivity index (χ1) is 11.1. The van der Waals surface area contributed by atoms with Crippen molar-refractivity contribution < 1.29 is 14.0 Å². The largest absolute Gasteiger partial charge is 0.441 e. The minimum Gasteiger partial charge on any atom is -0.441 e. The molecular formula is C16H16ClN3O3. The molecule has 0 aliphatic heterocycles. The number of carbonyl (C=O) groups is 2. The molecule has 7 heteroatoms. The molecule has 0 saturated heterocycles. The number of benzene rings is 1. The van der Waals surface area contributed by atoms with Crippen molar-refractivity contribution in [2.45, 2.75) is 25.7 Å². The predicted octanol–water partition coefficient (Wildman–Crippen LogP) is 2.49. The summed E-state index contributed by atoms with van der Waals surface area (Å²) in [5, 5.41) is 0.579. The summed E-state index contributed by atoms with van der Waals surface area (Å²) in [6.45, 7) is 0. The van der Waals surface area contributed by atoms with Gasteiger partial charge in [-0.2, -0.15) is 0 Å². The number of rotatable bonds is 5. The Labute approximate surface area is 138 Å². The number of amides is 2. The van der Waals surface area contributed by atoms with E-state index in [1.807, 2.05) is 18.2 Å². The van der Waals surface area contributed by atoms with Crippen LogP contribution in [0.25, 0.3) is 11.3 Å². The van der Waals surface area contributed by atoms with Crippen LogP contribution in [0, 0.1) is 5.92 Å². The first kappa shape index (κ1) is 15.6. The van der Waals surface area contributed by atoms with E-state index in [2.05, 4.69) is 15.8 Å². The third-order valence-corrected chi connectivity index (χ3v) is 3.86. The summed E-state index contributed by atoms with van der Waals surface area (Å²) in [6, 6.07) is 7.31. The SMILES string of the molecule is O=C(CCc1ncc(-c2ccccc2Cl)o1)NNC(=O)C1CC1. The van der Waals surface area contributed by atoms with Gasteiger partial charge in [0.1, 0.15) is 0 Å². The molecule has 2 aromatic rings. The van der Waals surface area contributed by atoms with Crippen LogP contribution in [0.1, 0.15) is 25.2 Å². The second kappa shape index (κ2) is 6.83. The number of hydrogen-bond acceptors (Lipinski definition) is 4. The van der Waals surface area contributed by atoms with Gasteiger partial charge >= 0.3 is 0 Å². The summed E-state index contributed by atoms with van der Waals surface area (Å²) < 4.78 is 5.61. The molecule has 3 rings (SSSR count). The molecule has 0 atom stereocenters. The van der Waals surface area contributed by atoms with Crippen LogP contribution in [-0.2, 0) is 16.0 Å². The summed E-state index contributed by atoms with van der Waals surface area (Å²) in [5.74, 6) is 0.656. The first-order valence-corrected chi connectivity index (χ1v) is 7.79. The smallest absolute Gasteiger partial charge is 0.241 e. The summed E-state index contributed by atoms with van der Waals surface area (Å²) in [6.07, 6.45) is 3.89. The highest BCUT2D eigenvalue weighted by Gasteiger charge is 2.29. The predicted molar refractivity (Wildman–Crippen MR) is 84.3 cm³/mol. The normalized spacial score (nSPS) is 13.6. The first-order valence-electron chi connectivity index (χ1n) is 7.42. The highest BCUT2D eigenvalue weighted by atomic mass is 35.5. The van der Waals surface area contributed by atoms with E-state index in [9.17, 15) is 9.59 Å². The van der Waals surface area contributed by atoms with Crippen molar-refractivity contribution in [3.05, 3.63) is 41.4 Å². The fourth-order valence-electron chi connectivity index (χ4n) is 2.07. The van der Waals surface area contributed by atoms with Crippen molar-refractivity contribution in [3.8, 4) is 11.3 Å². The molecule has 1 aliphatic carbocycles. The maximum atomic E-state index is 11.7. The van der Waals surface area contributed by atoms with Crippen LogP contribution in [0.3, 0.4) is 0 Å². The van der Waals surface area contributed by atoms with Gasteiger partial charge in [-0.3, -0.25) is 20.4 Å². The van der Waals surface area contributed by atoms with E-state index in [1.54, 1.807) is 12.3 Å². The van der Waals surface area contributed by atoms with Crippen molar-refractivity contribution in [1.82, 2.24) is 15.8 Å². The van der Waals surface area contributed by atoms with E-state index in [0.29, 0.717) is 23.1 Å². The zero-order valence-corrected chi connectivity index (χ0v) is 13.1. The van der Waals surface area contributed by atoms with Gasteiger partial charge in [0.25, 0.3) is 0 Å². The van der Waals surface area contributed by atoms with Crippen LogP contribution in [0.4, 0.5) is 0 Å². The Morgan fingerprint density at radius 2 is 2.04 bits per heavy atom. The number of oxazole rings is 1. The van der Waals surface area contributed by atoms with E-state index in [1.165, 1.54) is 0 Å². The Kier molecular flexibility index (Phi) is 4.62. The molecule has 0 bridgehead atoms. The van der Waals surface area contributed by atoms with E-state index >= 15 is 0 Å². The van der Waals surface area contributed by atoms with Crippen LogP contribution in [0.15, 0.2) is 34.9 Å². The van der Waals surface area contributed by atoms with E-state index < -0.39 is 0 Å². The van der Waals surface area contributed by atoms with Gasteiger partial charge in [-0.25, -0.2) is 4.98 Å². The third kappa shape index (κ3) is 4.10. The van der Waals surface area contributed by atoms with Gasteiger partial charge in [-0.15, -0.1) is 0 Å². The lowest BCUT2D eigenvalue weighted by molar-refractivity contribution is -0.129. The molecule has 2 N–H and O–H groups in total. The Morgan fingerprint density at radius 1 is 1.26 bits per heavy atom. The molecule has 0 unspecified atom stereocenters. The fraction of sp³-hybridized carbons (Fsp3) is 0.312. The molecular weight excluding hydrogens is 318 g/mol. The summed E-state index contributed by atoms with van der Waals surface area (Å²) in [5.41, 5.74) is 5.56. The van der Waals surface area contributed by atoms with Crippen molar-refractivity contribution in [3.63, 3.8) is 0 Å². The quantitative estimate of drug-likeness (QED) is 0.823. The van der Waals surface area contributed by atoms with Crippen molar-refractivity contribution in [2.24, 2.45) is 5.92 Å². The molecule has 1 aliphatic rings. The number of hydrogen-bond donors (Lipinski definition) is 2. The topological polar surface area (TPSA) is 84.2 Å². The van der Waals surface area contributed by atoms with Crippen molar-refractivity contribution >= 4 is 23.4 Å². The highest BCUT2D eigenvalue weighted by Crippen LogP contribution is 2.29.